The zero-order chi connectivity index (χ0) is 29.0. The molecule has 0 aliphatic heterocycles. The highest BCUT2D eigenvalue weighted by Crippen LogP contribution is 2.13. The molecule has 0 saturated heterocycles. The summed E-state index contributed by atoms with van der Waals surface area (Å²) in [6.45, 7) is 11.5. The van der Waals surface area contributed by atoms with Gasteiger partial charge in [0.1, 0.15) is 29.7 Å². The maximum atomic E-state index is 8.76. The molecule has 0 aliphatic rings. The number of benzene rings is 4. The first-order chi connectivity index (χ1) is 18.6. The third-order valence-corrected chi connectivity index (χ3v) is 5.31. The van der Waals surface area contributed by atoms with E-state index in [9.17, 15) is 0 Å². The second-order valence-electron chi connectivity index (χ2n) is 9.18. The summed E-state index contributed by atoms with van der Waals surface area (Å²) in [6.07, 6.45) is 0. The quantitative estimate of drug-likeness (QED) is 0.194. The molecule has 0 bridgehead atoms. The third kappa shape index (κ3) is 16.8. The average Bonchev–Trinajstić information content (AvgIpc) is 2.93. The highest BCUT2D eigenvalue weighted by Gasteiger charge is 1.93. The van der Waals surface area contributed by atoms with Gasteiger partial charge in [-0.15, -0.1) is 0 Å². The molecule has 0 amide bonds. The van der Waals surface area contributed by atoms with Gasteiger partial charge in [0.2, 0.25) is 0 Å². The number of phenols is 1. The predicted molar refractivity (Wildman–Crippen MR) is 167 cm³/mol. The van der Waals surface area contributed by atoms with Gasteiger partial charge < -0.3 is 19.1 Å². The lowest BCUT2D eigenvalue weighted by Crippen LogP contribution is -2.18. The SMILES string of the molecule is CCOc1ccc(C)cc1.Cc1ccc(O)cc1.Cc1ccc(OCN(C)C)cc1.Cc1ccc(OP)cc1. The number of hydrogen-bond acceptors (Lipinski definition) is 5. The maximum absolute atomic E-state index is 8.76. The smallest absolute Gasteiger partial charge is 0.141 e. The van der Waals surface area contributed by atoms with E-state index in [2.05, 4.69) is 23.3 Å². The molecule has 0 spiro atoms. The number of nitrogens with zero attached hydrogens (tertiary/aromatic N) is 1. The summed E-state index contributed by atoms with van der Waals surface area (Å²) < 4.78 is 15.6. The lowest BCUT2D eigenvalue weighted by molar-refractivity contribution is 0.179. The molecule has 6 heteroatoms. The van der Waals surface area contributed by atoms with E-state index in [1.54, 1.807) is 12.1 Å². The Bertz CT molecular complexity index is 1120. The lowest BCUT2D eigenvalue weighted by atomic mass is 10.2. The van der Waals surface area contributed by atoms with E-state index in [4.69, 9.17) is 19.1 Å². The zero-order valence-electron chi connectivity index (χ0n) is 24.3. The van der Waals surface area contributed by atoms with Crippen LogP contribution >= 0.6 is 9.47 Å². The van der Waals surface area contributed by atoms with Crippen LogP contribution < -0.4 is 14.0 Å². The predicted octanol–water partition coefficient (Wildman–Crippen LogP) is 8.15. The Balaban J connectivity index is 0.000000263. The van der Waals surface area contributed by atoms with Crippen LogP contribution in [0, 0.1) is 27.7 Å². The zero-order valence-corrected chi connectivity index (χ0v) is 25.5. The van der Waals surface area contributed by atoms with Gasteiger partial charge in [0.05, 0.1) is 16.1 Å². The molecule has 210 valence electrons. The second kappa shape index (κ2) is 19.5. The molecule has 0 fully saturated rings. The van der Waals surface area contributed by atoms with Crippen LogP contribution in [-0.4, -0.2) is 37.4 Å². The van der Waals surface area contributed by atoms with Crippen molar-refractivity contribution in [2.45, 2.75) is 34.6 Å². The van der Waals surface area contributed by atoms with E-state index in [0.29, 0.717) is 12.5 Å². The first-order valence-electron chi connectivity index (χ1n) is 12.9. The lowest BCUT2D eigenvalue weighted by Gasteiger charge is -2.11. The van der Waals surface area contributed by atoms with Gasteiger partial charge in [-0.05, 0) is 97.2 Å². The van der Waals surface area contributed by atoms with Crippen LogP contribution in [0.3, 0.4) is 0 Å². The van der Waals surface area contributed by atoms with Crippen molar-refractivity contribution < 1.29 is 19.1 Å². The molecule has 1 unspecified atom stereocenters. The van der Waals surface area contributed by atoms with Gasteiger partial charge in [-0.2, -0.15) is 0 Å². The average molecular weight is 550 g/mol. The number of hydrogen-bond donors (Lipinski definition) is 1. The van der Waals surface area contributed by atoms with Gasteiger partial charge in [-0.1, -0.05) is 70.8 Å². The van der Waals surface area contributed by atoms with Crippen molar-refractivity contribution in [2.24, 2.45) is 0 Å². The van der Waals surface area contributed by atoms with Crippen LogP contribution in [0.15, 0.2) is 97.1 Å². The fraction of sp³-hybridized carbons (Fsp3) is 0.273. The van der Waals surface area contributed by atoms with Gasteiger partial charge in [0.15, 0.2) is 0 Å². The fourth-order valence-corrected chi connectivity index (χ4v) is 2.96. The number of aromatic hydroxyl groups is 1. The van der Waals surface area contributed by atoms with Gasteiger partial charge in [-0.3, -0.25) is 4.90 Å². The largest absolute Gasteiger partial charge is 0.508 e. The molecule has 0 saturated carbocycles. The molecule has 4 aromatic rings. The number of aryl methyl sites for hydroxylation is 4. The van der Waals surface area contributed by atoms with Crippen molar-refractivity contribution >= 4 is 9.47 Å². The monoisotopic (exact) mass is 549 g/mol. The van der Waals surface area contributed by atoms with Crippen LogP contribution in [0.25, 0.3) is 0 Å². The normalized spacial score (nSPS) is 9.56. The third-order valence-electron chi connectivity index (χ3n) is 5.03. The molecular formula is C33H44NO4P. The minimum Gasteiger partial charge on any atom is -0.508 e. The van der Waals surface area contributed by atoms with Gasteiger partial charge in [0.25, 0.3) is 0 Å². The molecule has 4 aromatic carbocycles. The van der Waals surface area contributed by atoms with Crippen molar-refractivity contribution in [3.8, 4) is 23.0 Å². The molecular weight excluding hydrogens is 505 g/mol. The van der Waals surface area contributed by atoms with Crippen molar-refractivity contribution in [3.63, 3.8) is 0 Å². The summed E-state index contributed by atoms with van der Waals surface area (Å²) in [5.74, 6) is 3.09. The van der Waals surface area contributed by atoms with Crippen LogP contribution in [0.4, 0.5) is 0 Å². The summed E-state index contributed by atoms with van der Waals surface area (Å²) >= 11 is 0. The molecule has 0 aromatic heterocycles. The number of ether oxygens (including phenoxy) is 2. The minimum absolute atomic E-state index is 0.329. The summed E-state index contributed by atoms with van der Waals surface area (Å²) in [5.41, 5.74) is 4.94. The maximum Gasteiger partial charge on any atom is 0.141 e. The van der Waals surface area contributed by atoms with E-state index in [1.165, 1.54) is 22.3 Å². The van der Waals surface area contributed by atoms with E-state index < -0.39 is 0 Å². The van der Waals surface area contributed by atoms with Crippen LogP contribution in [0.1, 0.15) is 29.2 Å². The van der Waals surface area contributed by atoms with Crippen molar-refractivity contribution in [2.75, 3.05) is 27.4 Å². The first-order valence-corrected chi connectivity index (χ1v) is 13.3. The Hall–Kier alpha value is -3.53. The summed E-state index contributed by atoms with van der Waals surface area (Å²) in [5, 5.41) is 8.76. The molecule has 0 heterocycles. The summed E-state index contributed by atoms with van der Waals surface area (Å²) in [7, 11) is 6.17. The molecule has 1 N–H and O–H groups in total. The van der Waals surface area contributed by atoms with Crippen LogP contribution in [-0.2, 0) is 0 Å². The standard InChI is InChI=1S/C10H15NO.C9H12O.C7H9OP.C7H8O/c1-9-4-6-10(7-5-9)12-8-11(2)3;1-3-10-9-6-4-8(2)5-7-9;1-6-2-4-7(8-9)5-3-6;1-6-2-4-7(8)5-3-6/h4-7H,8H2,1-3H3;4-7H,3H2,1-2H3;2-5H,9H2,1H3;2-5,8H,1H3. The number of rotatable bonds is 6. The van der Waals surface area contributed by atoms with Crippen molar-refractivity contribution in [3.05, 3.63) is 119 Å². The minimum atomic E-state index is 0.329. The van der Waals surface area contributed by atoms with E-state index in [1.807, 2.05) is 125 Å². The molecule has 0 radical (unpaired) electrons. The molecule has 1 atom stereocenters. The Kier molecular flexibility index (Phi) is 16.8. The summed E-state index contributed by atoms with van der Waals surface area (Å²) in [4.78, 5) is 1.99. The highest BCUT2D eigenvalue weighted by molar-refractivity contribution is 7.10. The fourth-order valence-electron chi connectivity index (χ4n) is 2.80. The Morgan fingerprint density at radius 2 is 0.897 bits per heavy atom. The molecule has 4 rings (SSSR count). The van der Waals surface area contributed by atoms with Crippen LogP contribution in [0.2, 0.25) is 0 Å². The summed E-state index contributed by atoms with van der Waals surface area (Å²) in [6, 6.07) is 31.1. The van der Waals surface area contributed by atoms with E-state index in [0.717, 1.165) is 23.9 Å². The Morgan fingerprint density at radius 3 is 1.21 bits per heavy atom. The van der Waals surface area contributed by atoms with Gasteiger partial charge >= 0.3 is 0 Å². The number of phenolic OH excluding ortho intramolecular Hbond substituents is 1. The molecule has 5 nitrogen and oxygen atoms in total. The van der Waals surface area contributed by atoms with Gasteiger partial charge in [0, 0.05) is 0 Å². The topological polar surface area (TPSA) is 51.2 Å². The molecule has 0 aliphatic carbocycles. The highest BCUT2D eigenvalue weighted by atomic mass is 31.0. The van der Waals surface area contributed by atoms with E-state index >= 15 is 0 Å². The Labute approximate surface area is 237 Å². The second-order valence-corrected chi connectivity index (χ2v) is 9.41. The van der Waals surface area contributed by atoms with E-state index in [-0.39, 0.29) is 0 Å². The van der Waals surface area contributed by atoms with Crippen LogP contribution in [0.5, 0.6) is 23.0 Å². The van der Waals surface area contributed by atoms with Gasteiger partial charge in [-0.25, -0.2) is 0 Å². The van der Waals surface area contributed by atoms with Crippen molar-refractivity contribution in [1.29, 1.82) is 0 Å². The first kappa shape index (κ1) is 33.5. The van der Waals surface area contributed by atoms with Crippen molar-refractivity contribution in [1.82, 2.24) is 4.90 Å². The molecule has 39 heavy (non-hydrogen) atoms. The Morgan fingerprint density at radius 1 is 0.564 bits per heavy atom.